The summed E-state index contributed by atoms with van der Waals surface area (Å²) >= 11 is 0. The van der Waals surface area contributed by atoms with Crippen LogP contribution in [0, 0.1) is 22.7 Å². The van der Waals surface area contributed by atoms with E-state index in [4.69, 9.17) is 11.0 Å². The SMILES string of the molecule is CC(C#N)CN(C)CC(C)(C)CN. The van der Waals surface area contributed by atoms with Crippen molar-refractivity contribution in [3.05, 3.63) is 0 Å². The first-order chi connectivity index (χ1) is 5.91. The van der Waals surface area contributed by atoms with Gasteiger partial charge in [0.25, 0.3) is 0 Å². The topological polar surface area (TPSA) is 53.0 Å². The molecule has 0 aliphatic rings. The Labute approximate surface area is 81.5 Å². The van der Waals surface area contributed by atoms with Crippen molar-refractivity contribution in [3.8, 4) is 6.07 Å². The highest BCUT2D eigenvalue weighted by Crippen LogP contribution is 2.14. The Bertz CT molecular complexity index is 181. The monoisotopic (exact) mass is 183 g/mol. The molecule has 13 heavy (non-hydrogen) atoms. The number of hydrogen-bond acceptors (Lipinski definition) is 3. The maximum absolute atomic E-state index is 8.64. The van der Waals surface area contributed by atoms with Crippen molar-refractivity contribution in [1.29, 1.82) is 5.26 Å². The molecule has 0 rings (SSSR count). The van der Waals surface area contributed by atoms with Crippen LogP contribution in [0.3, 0.4) is 0 Å². The van der Waals surface area contributed by atoms with Crippen molar-refractivity contribution < 1.29 is 0 Å². The van der Waals surface area contributed by atoms with Crippen LogP contribution in [0.4, 0.5) is 0 Å². The summed E-state index contributed by atoms with van der Waals surface area (Å²) in [6.45, 7) is 8.65. The first-order valence-electron chi connectivity index (χ1n) is 4.69. The first kappa shape index (κ1) is 12.4. The highest BCUT2D eigenvalue weighted by atomic mass is 15.1. The maximum Gasteiger partial charge on any atom is 0.0666 e. The standard InChI is InChI=1S/C10H21N3/c1-9(5-11)6-13(4)8-10(2,3)7-12/h9H,6-8,12H2,1-4H3. The Morgan fingerprint density at radius 3 is 2.46 bits per heavy atom. The zero-order valence-corrected chi connectivity index (χ0v) is 9.17. The van der Waals surface area contributed by atoms with E-state index in [9.17, 15) is 0 Å². The molecule has 3 nitrogen and oxygen atoms in total. The Hall–Kier alpha value is -0.590. The fourth-order valence-corrected chi connectivity index (χ4v) is 1.37. The fraction of sp³-hybridized carbons (Fsp3) is 0.900. The van der Waals surface area contributed by atoms with Gasteiger partial charge >= 0.3 is 0 Å². The molecule has 0 spiro atoms. The molecule has 0 aromatic carbocycles. The van der Waals surface area contributed by atoms with E-state index < -0.39 is 0 Å². The van der Waals surface area contributed by atoms with E-state index in [2.05, 4.69) is 24.8 Å². The van der Waals surface area contributed by atoms with E-state index in [-0.39, 0.29) is 11.3 Å². The van der Waals surface area contributed by atoms with Crippen LogP contribution in [0.1, 0.15) is 20.8 Å². The first-order valence-corrected chi connectivity index (χ1v) is 4.69. The van der Waals surface area contributed by atoms with Gasteiger partial charge in [0.2, 0.25) is 0 Å². The van der Waals surface area contributed by atoms with E-state index in [1.54, 1.807) is 0 Å². The second-order valence-electron chi connectivity index (χ2n) is 4.60. The summed E-state index contributed by atoms with van der Waals surface area (Å²) in [4.78, 5) is 2.17. The molecule has 0 aromatic heterocycles. The Morgan fingerprint density at radius 1 is 1.54 bits per heavy atom. The summed E-state index contributed by atoms with van der Waals surface area (Å²) in [6.07, 6.45) is 0. The molecule has 1 atom stereocenters. The number of nitriles is 1. The van der Waals surface area contributed by atoms with E-state index in [0.29, 0.717) is 6.54 Å². The number of hydrogen-bond donors (Lipinski definition) is 1. The zero-order valence-electron chi connectivity index (χ0n) is 9.17. The summed E-state index contributed by atoms with van der Waals surface area (Å²) in [5.41, 5.74) is 5.77. The quantitative estimate of drug-likeness (QED) is 0.693. The van der Waals surface area contributed by atoms with E-state index >= 15 is 0 Å². The molecule has 0 aromatic rings. The molecular formula is C10H21N3. The van der Waals surface area contributed by atoms with Crippen molar-refractivity contribution in [1.82, 2.24) is 4.90 Å². The number of rotatable bonds is 5. The molecule has 0 saturated heterocycles. The molecule has 1 unspecified atom stereocenters. The largest absolute Gasteiger partial charge is 0.330 e. The Kier molecular flexibility index (Phi) is 4.97. The van der Waals surface area contributed by atoms with Gasteiger partial charge in [0.15, 0.2) is 0 Å². The molecule has 3 heteroatoms. The third kappa shape index (κ3) is 5.62. The van der Waals surface area contributed by atoms with Gasteiger partial charge in [0, 0.05) is 13.1 Å². The zero-order chi connectivity index (χ0) is 10.5. The molecule has 0 fully saturated rings. The number of nitrogens with zero attached hydrogens (tertiary/aromatic N) is 2. The van der Waals surface area contributed by atoms with Gasteiger partial charge in [-0.3, -0.25) is 0 Å². The predicted octanol–water partition coefficient (Wildman–Crippen LogP) is 1.06. The van der Waals surface area contributed by atoms with Crippen molar-refractivity contribution in [2.75, 3.05) is 26.7 Å². The van der Waals surface area contributed by atoms with Gasteiger partial charge in [0.1, 0.15) is 0 Å². The van der Waals surface area contributed by atoms with Gasteiger partial charge in [-0.25, -0.2) is 0 Å². The van der Waals surface area contributed by atoms with Gasteiger partial charge in [-0.2, -0.15) is 5.26 Å². The van der Waals surface area contributed by atoms with Crippen LogP contribution < -0.4 is 5.73 Å². The van der Waals surface area contributed by atoms with Gasteiger partial charge in [-0.15, -0.1) is 0 Å². The minimum atomic E-state index is 0.0959. The highest BCUT2D eigenvalue weighted by molar-refractivity contribution is 4.82. The normalized spacial score (nSPS) is 14.2. The van der Waals surface area contributed by atoms with Crippen LogP contribution in [-0.4, -0.2) is 31.6 Å². The Morgan fingerprint density at radius 2 is 2.08 bits per heavy atom. The van der Waals surface area contributed by atoms with Crippen LogP contribution in [0.15, 0.2) is 0 Å². The molecule has 0 radical (unpaired) electrons. The summed E-state index contributed by atoms with van der Waals surface area (Å²) < 4.78 is 0. The van der Waals surface area contributed by atoms with E-state index in [0.717, 1.165) is 13.1 Å². The van der Waals surface area contributed by atoms with Gasteiger partial charge in [-0.05, 0) is 25.9 Å². The van der Waals surface area contributed by atoms with Crippen LogP contribution in [0.2, 0.25) is 0 Å². The third-order valence-corrected chi connectivity index (χ3v) is 2.06. The highest BCUT2D eigenvalue weighted by Gasteiger charge is 2.18. The second kappa shape index (κ2) is 5.21. The minimum absolute atomic E-state index is 0.0959. The van der Waals surface area contributed by atoms with Gasteiger partial charge in [0.05, 0.1) is 12.0 Å². The average Bonchev–Trinajstić information content (AvgIpc) is 2.03. The van der Waals surface area contributed by atoms with Crippen LogP contribution in [0.5, 0.6) is 0 Å². The predicted molar refractivity (Wildman–Crippen MR) is 55.1 cm³/mol. The minimum Gasteiger partial charge on any atom is -0.330 e. The lowest BCUT2D eigenvalue weighted by atomic mass is 9.93. The lowest BCUT2D eigenvalue weighted by molar-refractivity contribution is 0.205. The molecule has 0 saturated carbocycles. The molecule has 0 aliphatic carbocycles. The molecule has 2 N–H and O–H groups in total. The summed E-state index contributed by atoms with van der Waals surface area (Å²) in [5.74, 6) is 0.0959. The van der Waals surface area contributed by atoms with Crippen molar-refractivity contribution in [2.45, 2.75) is 20.8 Å². The average molecular weight is 183 g/mol. The van der Waals surface area contributed by atoms with Crippen LogP contribution in [0.25, 0.3) is 0 Å². The summed E-state index contributed by atoms with van der Waals surface area (Å²) in [5, 5.41) is 8.64. The molecule has 0 aliphatic heterocycles. The van der Waals surface area contributed by atoms with E-state index in [1.807, 2.05) is 14.0 Å². The lowest BCUT2D eigenvalue weighted by Crippen LogP contribution is -2.38. The smallest absolute Gasteiger partial charge is 0.0666 e. The molecule has 0 amide bonds. The molecular weight excluding hydrogens is 162 g/mol. The Balaban J connectivity index is 3.88. The lowest BCUT2D eigenvalue weighted by Gasteiger charge is -2.29. The second-order valence-corrected chi connectivity index (χ2v) is 4.60. The third-order valence-electron chi connectivity index (χ3n) is 2.06. The van der Waals surface area contributed by atoms with E-state index in [1.165, 1.54) is 0 Å². The summed E-state index contributed by atoms with van der Waals surface area (Å²) in [7, 11) is 2.03. The molecule has 76 valence electrons. The summed E-state index contributed by atoms with van der Waals surface area (Å²) in [6, 6.07) is 2.23. The van der Waals surface area contributed by atoms with Gasteiger partial charge in [-0.1, -0.05) is 13.8 Å². The maximum atomic E-state index is 8.64. The van der Waals surface area contributed by atoms with Gasteiger partial charge < -0.3 is 10.6 Å². The van der Waals surface area contributed by atoms with Crippen molar-refractivity contribution in [3.63, 3.8) is 0 Å². The molecule has 0 bridgehead atoms. The number of nitrogens with two attached hydrogens (primary N) is 1. The van der Waals surface area contributed by atoms with Crippen molar-refractivity contribution in [2.24, 2.45) is 17.1 Å². The molecule has 0 heterocycles. The van der Waals surface area contributed by atoms with Crippen LogP contribution >= 0.6 is 0 Å². The van der Waals surface area contributed by atoms with Crippen molar-refractivity contribution >= 4 is 0 Å². The fourth-order valence-electron chi connectivity index (χ4n) is 1.37. The van der Waals surface area contributed by atoms with Crippen LogP contribution in [-0.2, 0) is 0 Å².